The third-order valence-corrected chi connectivity index (χ3v) is 2.04. The fraction of sp³-hybridized carbons (Fsp3) is 0.167. The van der Waals surface area contributed by atoms with Crippen molar-refractivity contribution >= 4 is 11.9 Å². The third kappa shape index (κ3) is 3.98. The number of benzene rings is 1. The number of carboxylic acids is 1. The van der Waals surface area contributed by atoms with Gasteiger partial charge in [-0.2, -0.15) is 0 Å². The predicted molar refractivity (Wildman–Crippen MR) is 59.7 cm³/mol. The fourth-order valence-corrected chi connectivity index (χ4v) is 1.14. The quantitative estimate of drug-likeness (QED) is 0.462. The highest BCUT2D eigenvalue weighted by Gasteiger charge is 2.10. The van der Waals surface area contributed by atoms with Gasteiger partial charge in [0.2, 0.25) is 0 Å². The first-order chi connectivity index (χ1) is 8.15. The lowest BCUT2D eigenvalue weighted by atomic mass is 10.2. The maximum atomic E-state index is 11.4. The van der Waals surface area contributed by atoms with E-state index >= 15 is 0 Å². The molecule has 0 aliphatic rings. The maximum absolute atomic E-state index is 11.4. The smallest absolute Gasteiger partial charge is 0.338 e. The number of carbonyl (C=O) groups is 2. The van der Waals surface area contributed by atoms with E-state index < -0.39 is 11.9 Å². The van der Waals surface area contributed by atoms with E-state index in [9.17, 15) is 9.59 Å². The molecule has 0 saturated heterocycles. The number of esters is 1. The molecule has 5 heteroatoms. The molecular formula is C12H12O5. The van der Waals surface area contributed by atoms with Crippen LogP contribution in [0, 0.1) is 0 Å². The Balaban J connectivity index is 2.42. The van der Waals surface area contributed by atoms with Crippen LogP contribution < -0.4 is 0 Å². The highest BCUT2D eigenvalue weighted by molar-refractivity contribution is 5.89. The summed E-state index contributed by atoms with van der Waals surface area (Å²) in [4.78, 5) is 21.9. The van der Waals surface area contributed by atoms with E-state index in [1.165, 1.54) is 0 Å². The normalized spacial score (nSPS) is 10.9. The lowest BCUT2D eigenvalue weighted by molar-refractivity contribution is -0.133. The van der Waals surface area contributed by atoms with Gasteiger partial charge in [-0.1, -0.05) is 18.2 Å². The second-order valence-corrected chi connectivity index (χ2v) is 3.21. The maximum Gasteiger partial charge on any atom is 0.338 e. The van der Waals surface area contributed by atoms with Crippen LogP contribution in [0.25, 0.3) is 0 Å². The van der Waals surface area contributed by atoms with Gasteiger partial charge in [-0.15, -0.1) is 0 Å². The summed E-state index contributed by atoms with van der Waals surface area (Å²) in [5, 5.41) is 17.2. The Hall–Kier alpha value is -2.30. The van der Waals surface area contributed by atoms with Crippen LogP contribution in [-0.4, -0.2) is 28.8 Å². The van der Waals surface area contributed by atoms with Crippen molar-refractivity contribution in [3.63, 3.8) is 0 Å². The van der Waals surface area contributed by atoms with Gasteiger partial charge in [0.25, 0.3) is 0 Å². The number of carboxylic acid groups (broad SMARTS) is 1. The molecule has 0 aliphatic heterocycles. The molecule has 5 nitrogen and oxygen atoms in total. The second kappa shape index (κ2) is 6.32. The molecule has 0 fully saturated rings. The molecule has 0 aromatic heterocycles. The van der Waals surface area contributed by atoms with Crippen LogP contribution in [0.5, 0.6) is 0 Å². The summed E-state index contributed by atoms with van der Waals surface area (Å²) in [5.41, 5.74) is 0.197. The summed E-state index contributed by atoms with van der Waals surface area (Å²) in [6.45, 7) is -0.0909. The van der Waals surface area contributed by atoms with Crippen molar-refractivity contribution in [2.45, 2.75) is 6.42 Å². The summed E-state index contributed by atoms with van der Waals surface area (Å²) in [6.07, 6.45) is 0.461. The van der Waals surface area contributed by atoms with E-state index in [1.54, 1.807) is 30.3 Å². The van der Waals surface area contributed by atoms with Gasteiger partial charge in [-0.05, 0) is 12.1 Å². The Kier molecular flexibility index (Phi) is 4.75. The molecule has 0 atom stereocenters. The molecule has 0 unspecified atom stereocenters. The van der Waals surface area contributed by atoms with E-state index in [1.807, 2.05) is 0 Å². The van der Waals surface area contributed by atoms with Crippen molar-refractivity contribution < 1.29 is 24.5 Å². The molecule has 2 N–H and O–H groups in total. The molecule has 0 heterocycles. The number of aliphatic hydroxyl groups excluding tert-OH is 1. The van der Waals surface area contributed by atoms with Gasteiger partial charge in [0, 0.05) is 6.42 Å². The summed E-state index contributed by atoms with van der Waals surface area (Å²) >= 11 is 0. The number of carbonyl (C=O) groups excluding carboxylic acids is 1. The highest BCUT2D eigenvalue weighted by atomic mass is 16.5. The molecule has 0 radical (unpaired) electrons. The van der Waals surface area contributed by atoms with Crippen LogP contribution in [0.15, 0.2) is 42.2 Å². The zero-order valence-electron chi connectivity index (χ0n) is 9.00. The van der Waals surface area contributed by atoms with Crippen LogP contribution in [0.3, 0.4) is 0 Å². The standard InChI is InChI=1S/C12H12O5/c13-8-10(11(14)15)6-7-17-12(16)9-4-2-1-3-5-9/h1-5,8,13H,6-7H2,(H,14,15). The van der Waals surface area contributed by atoms with Crippen LogP contribution in [0.4, 0.5) is 0 Å². The SMILES string of the molecule is O=C(O)C(=CO)CCOC(=O)c1ccccc1. The zero-order valence-corrected chi connectivity index (χ0v) is 9.00. The minimum atomic E-state index is -1.23. The van der Waals surface area contributed by atoms with E-state index in [0.29, 0.717) is 11.8 Å². The Morgan fingerprint density at radius 1 is 1.24 bits per heavy atom. The minimum Gasteiger partial charge on any atom is -0.515 e. The molecule has 1 aromatic rings. The summed E-state index contributed by atoms with van der Waals surface area (Å²) in [5.74, 6) is -1.75. The number of rotatable bonds is 5. The lowest BCUT2D eigenvalue weighted by Crippen LogP contribution is -2.09. The topological polar surface area (TPSA) is 83.8 Å². The highest BCUT2D eigenvalue weighted by Crippen LogP contribution is 2.04. The van der Waals surface area contributed by atoms with Gasteiger partial charge in [-0.3, -0.25) is 0 Å². The summed E-state index contributed by atoms with van der Waals surface area (Å²) in [6, 6.07) is 8.37. The zero-order chi connectivity index (χ0) is 12.7. The minimum absolute atomic E-state index is 0.0373. The average molecular weight is 236 g/mol. The first-order valence-electron chi connectivity index (χ1n) is 4.94. The largest absolute Gasteiger partial charge is 0.515 e. The number of ether oxygens (including phenoxy) is 1. The first-order valence-corrected chi connectivity index (χ1v) is 4.94. The molecule has 0 saturated carbocycles. The van der Waals surface area contributed by atoms with Crippen LogP contribution in [-0.2, 0) is 9.53 Å². The van der Waals surface area contributed by atoms with Gasteiger partial charge in [0.05, 0.1) is 24.0 Å². The van der Waals surface area contributed by atoms with Gasteiger partial charge < -0.3 is 14.9 Å². The third-order valence-electron chi connectivity index (χ3n) is 2.04. The Morgan fingerprint density at radius 2 is 1.88 bits per heavy atom. The molecule has 0 spiro atoms. The number of hydrogen-bond donors (Lipinski definition) is 2. The fourth-order valence-electron chi connectivity index (χ4n) is 1.14. The first kappa shape index (κ1) is 12.8. The summed E-state index contributed by atoms with van der Waals surface area (Å²) in [7, 11) is 0. The van der Waals surface area contributed by atoms with Crippen molar-refractivity contribution in [1.82, 2.24) is 0 Å². The predicted octanol–water partition coefficient (Wildman–Crippen LogP) is 1.76. The van der Waals surface area contributed by atoms with Crippen LogP contribution in [0.2, 0.25) is 0 Å². The number of aliphatic carboxylic acids is 1. The Morgan fingerprint density at radius 3 is 2.41 bits per heavy atom. The van der Waals surface area contributed by atoms with E-state index in [-0.39, 0.29) is 18.6 Å². The monoisotopic (exact) mass is 236 g/mol. The molecule has 0 amide bonds. The Bertz CT molecular complexity index is 422. The van der Waals surface area contributed by atoms with Crippen molar-refractivity contribution in [1.29, 1.82) is 0 Å². The van der Waals surface area contributed by atoms with Crippen molar-refractivity contribution in [2.24, 2.45) is 0 Å². The number of aliphatic hydroxyl groups is 1. The molecular weight excluding hydrogens is 224 g/mol. The van der Waals surface area contributed by atoms with E-state index in [2.05, 4.69) is 0 Å². The van der Waals surface area contributed by atoms with E-state index in [0.717, 1.165) is 0 Å². The molecule has 0 aliphatic carbocycles. The summed E-state index contributed by atoms with van der Waals surface area (Å²) < 4.78 is 4.86. The van der Waals surface area contributed by atoms with Crippen LogP contribution in [0.1, 0.15) is 16.8 Å². The lowest BCUT2D eigenvalue weighted by Gasteiger charge is -2.04. The molecule has 17 heavy (non-hydrogen) atoms. The van der Waals surface area contributed by atoms with Gasteiger partial charge in [-0.25, -0.2) is 9.59 Å². The van der Waals surface area contributed by atoms with Gasteiger partial charge in [0.15, 0.2) is 0 Å². The molecule has 1 aromatic carbocycles. The molecule has 1 rings (SSSR count). The van der Waals surface area contributed by atoms with Gasteiger partial charge >= 0.3 is 11.9 Å². The van der Waals surface area contributed by atoms with E-state index in [4.69, 9.17) is 14.9 Å². The van der Waals surface area contributed by atoms with Crippen LogP contribution >= 0.6 is 0 Å². The van der Waals surface area contributed by atoms with Crippen molar-refractivity contribution in [3.8, 4) is 0 Å². The average Bonchev–Trinajstić information content (AvgIpc) is 2.35. The molecule has 0 bridgehead atoms. The van der Waals surface area contributed by atoms with Gasteiger partial charge in [0.1, 0.15) is 0 Å². The second-order valence-electron chi connectivity index (χ2n) is 3.21. The van der Waals surface area contributed by atoms with Crippen molar-refractivity contribution in [2.75, 3.05) is 6.61 Å². The Labute approximate surface area is 98.0 Å². The molecule has 90 valence electrons. The van der Waals surface area contributed by atoms with Crippen molar-refractivity contribution in [3.05, 3.63) is 47.7 Å². The number of hydrogen-bond acceptors (Lipinski definition) is 4.